The Hall–Kier alpha value is -1.07. The molecule has 2 N–H and O–H groups in total. The number of nitrogens with two attached hydrogens (primary N) is 1. The van der Waals surface area contributed by atoms with Gasteiger partial charge in [0, 0.05) is 25.5 Å². The molecular weight excluding hydrogens is 320 g/mol. The highest BCUT2D eigenvalue weighted by Crippen LogP contribution is 2.38. The average Bonchev–Trinajstić information content (AvgIpc) is 2.34. The molecule has 0 fully saturated rings. The molecule has 0 saturated heterocycles. The smallest absolute Gasteiger partial charge is 0.265 e. The first-order chi connectivity index (χ1) is 8.58. The number of anilines is 1. The van der Waals surface area contributed by atoms with Crippen LogP contribution in [-0.2, 0) is 0 Å². The third kappa shape index (κ3) is 3.03. The maximum atomic E-state index is 12.9. The van der Waals surface area contributed by atoms with E-state index in [1.807, 2.05) is 24.3 Å². The van der Waals surface area contributed by atoms with Crippen molar-refractivity contribution >= 4 is 33.4 Å². The Balaban J connectivity index is 2.37. The molecule has 0 radical (unpaired) electrons. The van der Waals surface area contributed by atoms with Gasteiger partial charge < -0.3 is 5.73 Å². The predicted octanol–water partition coefficient (Wildman–Crippen LogP) is 5.12. The second kappa shape index (κ2) is 5.71. The Morgan fingerprint density at radius 1 is 1.06 bits per heavy atom. The molecule has 0 aromatic heterocycles. The van der Waals surface area contributed by atoms with Crippen LogP contribution in [0.25, 0.3) is 0 Å². The van der Waals surface area contributed by atoms with Gasteiger partial charge in [-0.3, -0.25) is 0 Å². The van der Waals surface area contributed by atoms with Crippen molar-refractivity contribution in [1.29, 1.82) is 0 Å². The summed E-state index contributed by atoms with van der Waals surface area (Å²) >= 11 is 4.69. The van der Waals surface area contributed by atoms with E-state index in [0.717, 1.165) is 9.37 Å². The summed E-state index contributed by atoms with van der Waals surface area (Å²) in [5.41, 5.74) is 5.85. The molecule has 0 spiro atoms. The van der Waals surface area contributed by atoms with Gasteiger partial charge in [0.25, 0.3) is 6.43 Å². The fraction of sp³-hybridized carbons (Fsp3) is 0.0769. The van der Waals surface area contributed by atoms with Gasteiger partial charge >= 0.3 is 0 Å². The van der Waals surface area contributed by atoms with Gasteiger partial charge in [0.1, 0.15) is 0 Å². The second-order valence-electron chi connectivity index (χ2n) is 3.63. The number of benzene rings is 2. The van der Waals surface area contributed by atoms with Crippen molar-refractivity contribution in [2.45, 2.75) is 16.2 Å². The van der Waals surface area contributed by atoms with Crippen molar-refractivity contribution in [3.05, 3.63) is 52.5 Å². The number of rotatable bonds is 3. The number of hydrogen-bond donors (Lipinski definition) is 1. The van der Waals surface area contributed by atoms with Crippen molar-refractivity contribution in [3.63, 3.8) is 0 Å². The summed E-state index contributed by atoms with van der Waals surface area (Å²) < 4.78 is 26.7. The molecular formula is C13H10BrF2NS. The minimum Gasteiger partial charge on any atom is -0.399 e. The lowest BCUT2D eigenvalue weighted by atomic mass is 10.2. The zero-order valence-electron chi connectivity index (χ0n) is 9.24. The summed E-state index contributed by atoms with van der Waals surface area (Å²) in [6.07, 6.45) is -2.53. The number of hydrogen-bond acceptors (Lipinski definition) is 2. The molecule has 5 heteroatoms. The fourth-order valence-electron chi connectivity index (χ4n) is 1.48. The Labute approximate surface area is 117 Å². The highest BCUT2D eigenvalue weighted by atomic mass is 79.9. The second-order valence-corrected chi connectivity index (χ2v) is 5.57. The Bertz CT molecular complexity index is 560. The largest absolute Gasteiger partial charge is 0.399 e. The van der Waals surface area contributed by atoms with Gasteiger partial charge in [-0.15, -0.1) is 0 Å². The third-order valence-corrected chi connectivity index (χ3v) is 4.45. The average molecular weight is 330 g/mol. The van der Waals surface area contributed by atoms with Crippen molar-refractivity contribution in [3.8, 4) is 0 Å². The molecule has 0 aliphatic carbocycles. The van der Waals surface area contributed by atoms with Crippen LogP contribution < -0.4 is 5.73 Å². The van der Waals surface area contributed by atoms with E-state index in [2.05, 4.69) is 15.9 Å². The number of alkyl halides is 2. The highest BCUT2D eigenvalue weighted by molar-refractivity contribution is 9.10. The summed E-state index contributed by atoms with van der Waals surface area (Å²) in [5, 5.41) is 0. The van der Waals surface area contributed by atoms with Crippen LogP contribution in [0.3, 0.4) is 0 Å². The summed E-state index contributed by atoms with van der Waals surface area (Å²) in [6.45, 7) is 0. The van der Waals surface area contributed by atoms with Crippen LogP contribution in [0.1, 0.15) is 12.0 Å². The number of halogens is 3. The van der Waals surface area contributed by atoms with E-state index in [-0.39, 0.29) is 5.56 Å². The molecule has 0 unspecified atom stereocenters. The molecule has 94 valence electrons. The predicted molar refractivity (Wildman–Crippen MR) is 74.1 cm³/mol. The molecule has 1 nitrogen and oxygen atoms in total. The quantitative estimate of drug-likeness (QED) is 0.791. The molecule has 0 aliphatic heterocycles. The maximum Gasteiger partial charge on any atom is 0.265 e. The highest BCUT2D eigenvalue weighted by Gasteiger charge is 2.15. The van der Waals surface area contributed by atoms with Crippen LogP contribution in [0, 0.1) is 0 Å². The molecule has 0 amide bonds. The lowest BCUT2D eigenvalue weighted by molar-refractivity contribution is 0.148. The van der Waals surface area contributed by atoms with Gasteiger partial charge in [-0.1, -0.05) is 23.9 Å². The lowest BCUT2D eigenvalue weighted by Crippen LogP contribution is -1.92. The fourth-order valence-corrected chi connectivity index (χ4v) is 2.95. The first kappa shape index (κ1) is 13.4. The summed E-state index contributed by atoms with van der Waals surface area (Å²) in [5.74, 6) is 0. The van der Waals surface area contributed by atoms with Crippen LogP contribution in [0.2, 0.25) is 0 Å². The molecule has 2 aromatic rings. The van der Waals surface area contributed by atoms with E-state index in [4.69, 9.17) is 5.73 Å². The molecule has 0 heterocycles. The first-order valence-electron chi connectivity index (χ1n) is 5.18. The Kier molecular flexibility index (Phi) is 4.24. The van der Waals surface area contributed by atoms with Gasteiger partial charge in [0.15, 0.2) is 0 Å². The molecule has 0 atom stereocenters. The van der Waals surface area contributed by atoms with Gasteiger partial charge in [-0.05, 0) is 46.3 Å². The van der Waals surface area contributed by atoms with E-state index in [1.54, 1.807) is 12.1 Å². The van der Waals surface area contributed by atoms with Crippen LogP contribution in [0.15, 0.2) is 56.7 Å². The molecule has 0 aliphatic rings. The summed E-state index contributed by atoms with van der Waals surface area (Å²) in [7, 11) is 0. The van der Waals surface area contributed by atoms with Crippen molar-refractivity contribution < 1.29 is 8.78 Å². The lowest BCUT2D eigenvalue weighted by Gasteiger charge is -2.10. The molecule has 2 rings (SSSR count). The van der Waals surface area contributed by atoms with E-state index in [1.165, 1.54) is 17.8 Å². The van der Waals surface area contributed by atoms with Crippen LogP contribution in [0.5, 0.6) is 0 Å². The first-order valence-corrected chi connectivity index (χ1v) is 6.79. The zero-order valence-corrected chi connectivity index (χ0v) is 11.6. The van der Waals surface area contributed by atoms with Gasteiger partial charge in [-0.2, -0.15) is 0 Å². The molecule has 2 aromatic carbocycles. The SMILES string of the molecule is Nc1ccc(Sc2ccccc2Br)c(C(F)F)c1. The van der Waals surface area contributed by atoms with Crippen LogP contribution in [-0.4, -0.2) is 0 Å². The maximum absolute atomic E-state index is 12.9. The number of nitrogen functional groups attached to an aromatic ring is 1. The van der Waals surface area contributed by atoms with Gasteiger partial charge in [0.2, 0.25) is 0 Å². The monoisotopic (exact) mass is 329 g/mol. The van der Waals surface area contributed by atoms with E-state index in [0.29, 0.717) is 10.6 Å². The summed E-state index contributed by atoms with van der Waals surface area (Å²) in [4.78, 5) is 1.41. The summed E-state index contributed by atoms with van der Waals surface area (Å²) in [6, 6.07) is 12.1. The molecule has 0 bridgehead atoms. The van der Waals surface area contributed by atoms with Crippen LogP contribution >= 0.6 is 27.7 Å². The van der Waals surface area contributed by atoms with Crippen molar-refractivity contribution in [2.75, 3.05) is 5.73 Å². The Morgan fingerprint density at radius 3 is 2.44 bits per heavy atom. The normalized spacial score (nSPS) is 10.9. The zero-order chi connectivity index (χ0) is 13.1. The minimum absolute atomic E-state index is 0.0317. The third-order valence-electron chi connectivity index (χ3n) is 2.33. The molecule has 18 heavy (non-hydrogen) atoms. The topological polar surface area (TPSA) is 26.0 Å². The van der Waals surface area contributed by atoms with E-state index < -0.39 is 6.43 Å². The van der Waals surface area contributed by atoms with Crippen molar-refractivity contribution in [2.24, 2.45) is 0 Å². The van der Waals surface area contributed by atoms with Crippen LogP contribution in [0.4, 0.5) is 14.5 Å². The van der Waals surface area contributed by atoms with Gasteiger partial charge in [0.05, 0.1) is 0 Å². The minimum atomic E-state index is -2.53. The van der Waals surface area contributed by atoms with E-state index >= 15 is 0 Å². The van der Waals surface area contributed by atoms with Crippen molar-refractivity contribution in [1.82, 2.24) is 0 Å². The Morgan fingerprint density at radius 2 is 1.78 bits per heavy atom. The molecule has 0 saturated carbocycles. The van der Waals surface area contributed by atoms with Gasteiger partial charge in [-0.25, -0.2) is 8.78 Å². The van der Waals surface area contributed by atoms with E-state index in [9.17, 15) is 8.78 Å². The standard InChI is InChI=1S/C13H10BrF2NS/c14-10-3-1-2-4-12(10)18-11-6-5-8(17)7-9(11)13(15)16/h1-7,13H,17H2.